The molecule has 8 heteroatoms. The van der Waals surface area contributed by atoms with Crippen molar-refractivity contribution < 1.29 is 23.9 Å². The highest BCUT2D eigenvalue weighted by atomic mass is 79.9. The minimum atomic E-state index is -1.28. The van der Waals surface area contributed by atoms with Crippen molar-refractivity contribution in [1.82, 2.24) is 10.2 Å². The Morgan fingerprint density at radius 1 is 1.43 bits per heavy atom. The minimum Gasteiger partial charge on any atom is -0.465 e. The lowest BCUT2D eigenvalue weighted by Gasteiger charge is -2.33. The molecule has 21 heavy (non-hydrogen) atoms. The summed E-state index contributed by atoms with van der Waals surface area (Å²) >= 11 is 3.26. The highest BCUT2D eigenvalue weighted by Gasteiger charge is 2.39. The third kappa shape index (κ3) is 3.93. The molecule has 1 heterocycles. The van der Waals surface area contributed by atoms with E-state index in [0.29, 0.717) is 25.8 Å². The molecule has 0 bridgehead atoms. The highest BCUT2D eigenvalue weighted by Crippen LogP contribution is 2.30. The van der Waals surface area contributed by atoms with Gasteiger partial charge in [-0.3, -0.25) is 9.59 Å². The molecule has 1 aliphatic heterocycles. The number of carbonyl (C=O) groups is 3. The van der Waals surface area contributed by atoms with E-state index in [1.807, 2.05) is 0 Å². The zero-order valence-electron chi connectivity index (χ0n) is 11.4. The van der Waals surface area contributed by atoms with E-state index < -0.39 is 24.2 Å². The number of rotatable bonds is 3. The molecule has 2 amide bonds. The van der Waals surface area contributed by atoms with E-state index in [4.69, 9.17) is 5.11 Å². The summed E-state index contributed by atoms with van der Waals surface area (Å²) in [6, 6.07) is -0.916. The molecule has 0 spiro atoms. The van der Waals surface area contributed by atoms with Gasteiger partial charge in [0.25, 0.3) is 0 Å². The van der Waals surface area contributed by atoms with E-state index >= 15 is 0 Å². The van der Waals surface area contributed by atoms with Crippen LogP contribution in [0.3, 0.4) is 0 Å². The van der Waals surface area contributed by atoms with Crippen LogP contribution in [0.4, 0.5) is 9.18 Å². The van der Waals surface area contributed by atoms with Crippen LogP contribution in [0.1, 0.15) is 25.7 Å². The summed E-state index contributed by atoms with van der Waals surface area (Å²) in [5.74, 6) is -0.580. The second-order valence-electron chi connectivity index (χ2n) is 5.57. The van der Waals surface area contributed by atoms with Crippen molar-refractivity contribution in [2.75, 3.05) is 13.1 Å². The molecule has 2 aliphatic rings. The number of nitrogens with one attached hydrogen (secondary N) is 1. The Bertz CT molecular complexity index is 448. The summed E-state index contributed by atoms with van der Waals surface area (Å²) in [5, 5.41) is 11.2. The van der Waals surface area contributed by atoms with Crippen LogP contribution in [-0.4, -0.2) is 57.9 Å². The standard InChI is InChI=1S/C13H18BrFN2O4/c14-9-5-7(1-2-10(9)18)11(16-13(20)21)12(19)17-4-3-8(15)6-17/h7-9,11,16H,1-6H2,(H,20,21)/t7?,8-,9?,11?/m0/s1. The minimum absolute atomic E-state index is 0.0139. The number of carboxylic acid groups (broad SMARTS) is 1. The molecule has 0 aromatic carbocycles. The first-order chi connectivity index (χ1) is 9.88. The van der Waals surface area contributed by atoms with Crippen LogP contribution in [0.2, 0.25) is 0 Å². The summed E-state index contributed by atoms with van der Waals surface area (Å²) in [6.07, 6.45) is -0.858. The largest absolute Gasteiger partial charge is 0.465 e. The Morgan fingerprint density at radius 2 is 2.14 bits per heavy atom. The van der Waals surface area contributed by atoms with Crippen molar-refractivity contribution >= 4 is 33.7 Å². The van der Waals surface area contributed by atoms with Gasteiger partial charge in [0.05, 0.1) is 11.4 Å². The average molecular weight is 365 g/mol. The third-order valence-electron chi connectivity index (χ3n) is 4.08. The summed E-state index contributed by atoms with van der Waals surface area (Å²) < 4.78 is 13.2. The maximum atomic E-state index is 13.2. The molecule has 0 radical (unpaired) electrons. The molecule has 1 saturated heterocycles. The number of nitrogens with zero attached hydrogens (tertiary/aromatic N) is 1. The molecule has 2 rings (SSSR count). The molecule has 2 N–H and O–H groups in total. The Balaban J connectivity index is 2.08. The lowest BCUT2D eigenvalue weighted by Crippen LogP contribution is -2.53. The Labute approximate surface area is 130 Å². The van der Waals surface area contributed by atoms with Crippen LogP contribution >= 0.6 is 15.9 Å². The first kappa shape index (κ1) is 16.2. The molecule has 0 aromatic rings. The van der Waals surface area contributed by atoms with Crippen LogP contribution in [0.5, 0.6) is 0 Å². The Hall–Kier alpha value is -1.18. The van der Waals surface area contributed by atoms with Crippen molar-refractivity contribution in [3.63, 3.8) is 0 Å². The number of hydrogen-bond acceptors (Lipinski definition) is 3. The van der Waals surface area contributed by atoms with Gasteiger partial charge in [-0.1, -0.05) is 15.9 Å². The van der Waals surface area contributed by atoms with Gasteiger partial charge < -0.3 is 15.3 Å². The molecule has 2 fully saturated rings. The van der Waals surface area contributed by atoms with Gasteiger partial charge in [-0.2, -0.15) is 0 Å². The fraction of sp³-hybridized carbons (Fsp3) is 0.769. The lowest BCUT2D eigenvalue weighted by atomic mass is 9.82. The zero-order valence-corrected chi connectivity index (χ0v) is 13.0. The van der Waals surface area contributed by atoms with Crippen LogP contribution in [0.25, 0.3) is 0 Å². The quantitative estimate of drug-likeness (QED) is 0.739. The number of halogens is 2. The molecule has 4 atom stereocenters. The van der Waals surface area contributed by atoms with Gasteiger partial charge in [0.15, 0.2) is 0 Å². The van der Waals surface area contributed by atoms with E-state index in [0.717, 1.165) is 0 Å². The number of hydrogen-bond donors (Lipinski definition) is 2. The zero-order chi connectivity index (χ0) is 15.6. The second-order valence-corrected chi connectivity index (χ2v) is 6.67. The number of alkyl halides is 2. The third-order valence-corrected chi connectivity index (χ3v) is 4.96. The number of amides is 2. The first-order valence-corrected chi connectivity index (χ1v) is 7.89. The van der Waals surface area contributed by atoms with E-state index in [-0.39, 0.29) is 29.5 Å². The maximum absolute atomic E-state index is 13.2. The molecule has 118 valence electrons. The lowest BCUT2D eigenvalue weighted by molar-refractivity contribution is -0.135. The summed E-state index contributed by atoms with van der Waals surface area (Å²) in [4.78, 5) is 35.9. The van der Waals surface area contributed by atoms with Gasteiger partial charge >= 0.3 is 6.09 Å². The number of ketones is 1. The van der Waals surface area contributed by atoms with Crippen LogP contribution < -0.4 is 5.32 Å². The molecule has 1 saturated carbocycles. The SMILES string of the molecule is O=C(O)NC(C(=O)N1CC[C@H](F)C1)C1CCC(=O)C(Br)C1. The fourth-order valence-electron chi connectivity index (χ4n) is 2.93. The van der Waals surface area contributed by atoms with Crippen molar-refractivity contribution in [2.24, 2.45) is 5.92 Å². The van der Waals surface area contributed by atoms with E-state index in [2.05, 4.69) is 21.2 Å². The number of carbonyl (C=O) groups excluding carboxylic acids is 2. The van der Waals surface area contributed by atoms with Crippen molar-refractivity contribution in [3.05, 3.63) is 0 Å². The molecule has 0 aromatic heterocycles. The summed E-state index contributed by atoms with van der Waals surface area (Å²) in [5.41, 5.74) is 0. The molecular weight excluding hydrogens is 347 g/mol. The van der Waals surface area contributed by atoms with Gasteiger partial charge in [-0.15, -0.1) is 0 Å². The topological polar surface area (TPSA) is 86.7 Å². The highest BCUT2D eigenvalue weighted by molar-refractivity contribution is 9.10. The monoisotopic (exact) mass is 364 g/mol. The summed E-state index contributed by atoms with van der Waals surface area (Å²) in [7, 11) is 0. The molecule has 6 nitrogen and oxygen atoms in total. The van der Waals surface area contributed by atoms with Crippen molar-refractivity contribution in [3.8, 4) is 0 Å². The normalized spacial score (nSPS) is 31.0. The Morgan fingerprint density at radius 3 is 2.67 bits per heavy atom. The predicted molar refractivity (Wildman–Crippen MR) is 76.1 cm³/mol. The average Bonchev–Trinajstić information content (AvgIpc) is 2.85. The van der Waals surface area contributed by atoms with E-state index in [1.54, 1.807) is 0 Å². The van der Waals surface area contributed by atoms with Gasteiger partial charge in [0, 0.05) is 13.0 Å². The molecular formula is C13H18BrFN2O4. The van der Waals surface area contributed by atoms with E-state index in [9.17, 15) is 18.8 Å². The van der Waals surface area contributed by atoms with Gasteiger partial charge in [0.1, 0.15) is 18.0 Å². The maximum Gasteiger partial charge on any atom is 0.405 e. The van der Waals surface area contributed by atoms with Gasteiger partial charge in [0.2, 0.25) is 5.91 Å². The number of likely N-dealkylation sites (tertiary alicyclic amines) is 1. The van der Waals surface area contributed by atoms with Crippen LogP contribution in [-0.2, 0) is 9.59 Å². The fourth-order valence-corrected chi connectivity index (χ4v) is 3.64. The molecule has 1 aliphatic carbocycles. The van der Waals surface area contributed by atoms with Gasteiger partial charge in [-0.05, 0) is 25.2 Å². The molecule has 3 unspecified atom stereocenters. The smallest absolute Gasteiger partial charge is 0.405 e. The van der Waals surface area contributed by atoms with Gasteiger partial charge in [-0.25, -0.2) is 9.18 Å². The predicted octanol–water partition coefficient (Wildman–Crippen LogP) is 1.33. The Kier molecular flexibility index (Phi) is 5.18. The first-order valence-electron chi connectivity index (χ1n) is 6.97. The van der Waals surface area contributed by atoms with Crippen LogP contribution in [0.15, 0.2) is 0 Å². The van der Waals surface area contributed by atoms with Crippen LogP contribution in [0, 0.1) is 5.92 Å². The van der Waals surface area contributed by atoms with E-state index in [1.165, 1.54) is 4.90 Å². The second kappa shape index (κ2) is 6.72. The van der Waals surface area contributed by atoms with Crippen molar-refractivity contribution in [2.45, 2.75) is 42.7 Å². The number of Topliss-reactive ketones (excluding diaryl/α,β-unsaturated/α-hetero) is 1. The summed E-state index contributed by atoms with van der Waals surface area (Å²) in [6.45, 7) is 0.321. The van der Waals surface area contributed by atoms with Crippen molar-refractivity contribution in [1.29, 1.82) is 0 Å².